The van der Waals surface area contributed by atoms with Crippen LogP contribution in [0, 0.1) is 0 Å². The van der Waals surface area contributed by atoms with Crippen molar-refractivity contribution in [3.05, 3.63) is 18.2 Å². The van der Waals surface area contributed by atoms with E-state index in [1.807, 2.05) is 12.1 Å². The number of nitrogens with zero attached hydrogens (tertiary/aromatic N) is 1. The van der Waals surface area contributed by atoms with Gasteiger partial charge in [-0.1, -0.05) is 19.3 Å². The number of carbonyl (C=O) groups excluding carboxylic acids is 1. The molecular weight excluding hydrogens is 308 g/mol. The van der Waals surface area contributed by atoms with Gasteiger partial charge in [-0.15, -0.1) is 0 Å². The lowest BCUT2D eigenvalue weighted by molar-refractivity contribution is -0.118. The number of hydrogen-bond donors (Lipinski definition) is 2. The molecule has 3 rings (SSSR count). The van der Waals surface area contributed by atoms with Crippen LogP contribution in [0.5, 0.6) is 11.5 Å². The average Bonchev–Trinajstić information content (AvgIpc) is 2.62. The minimum atomic E-state index is -0.0642. The molecule has 1 fully saturated rings. The van der Waals surface area contributed by atoms with E-state index in [9.17, 15) is 9.90 Å². The number of hydrogen-bond acceptors (Lipinski definition) is 5. The molecule has 0 atom stereocenters. The highest BCUT2D eigenvalue weighted by molar-refractivity contribution is 5.92. The Bertz CT molecular complexity index is 558. The van der Waals surface area contributed by atoms with Gasteiger partial charge in [-0.2, -0.15) is 0 Å². The van der Waals surface area contributed by atoms with E-state index in [2.05, 4.69) is 10.2 Å². The van der Waals surface area contributed by atoms with Crippen LogP contribution in [-0.4, -0.2) is 54.9 Å². The summed E-state index contributed by atoms with van der Waals surface area (Å²) in [6.45, 7) is 2.00. The maximum atomic E-state index is 12.4. The molecule has 0 aromatic heterocycles. The number of aliphatic hydroxyl groups excluding tert-OH is 1. The number of rotatable bonds is 6. The Morgan fingerprint density at radius 3 is 2.67 bits per heavy atom. The minimum absolute atomic E-state index is 0.0642. The molecule has 132 valence electrons. The number of benzene rings is 1. The van der Waals surface area contributed by atoms with Crippen LogP contribution in [0.3, 0.4) is 0 Å². The van der Waals surface area contributed by atoms with Crippen LogP contribution < -0.4 is 14.8 Å². The van der Waals surface area contributed by atoms with Gasteiger partial charge in [-0.05, 0) is 25.0 Å². The van der Waals surface area contributed by atoms with Crippen molar-refractivity contribution in [3.8, 4) is 11.5 Å². The van der Waals surface area contributed by atoms with E-state index >= 15 is 0 Å². The van der Waals surface area contributed by atoms with Gasteiger partial charge in [0.1, 0.15) is 13.2 Å². The summed E-state index contributed by atoms with van der Waals surface area (Å²) in [4.78, 5) is 14.5. The van der Waals surface area contributed by atoms with Gasteiger partial charge in [0.2, 0.25) is 5.91 Å². The molecule has 6 nitrogen and oxygen atoms in total. The SMILES string of the molecule is O=C(CN(CCO)C1CCCCC1)Nc1ccc2c(c1)OCCO2. The highest BCUT2D eigenvalue weighted by Gasteiger charge is 2.23. The van der Waals surface area contributed by atoms with Crippen molar-refractivity contribution >= 4 is 11.6 Å². The Labute approximate surface area is 142 Å². The van der Waals surface area contributed by atoms with Crippen LogP contribution >= 0.6 is 0 Å². The van der Waals surface area contributed by atoms with E-state index in [-0.39, 0.29) is 12.5 Å². The Hall–Kier alpha value is -1.79. The van der Waals surface area contributed by atoms with Crippen LogP contribution in [0.25, 0.3) is 0 Å². The third-order valence-corrected chi connectivity index (χ3v) is 4.65. The van der Waals surface area contributed by atoms with E-state index in [1.54, 1.807) is 6.07 Å². The zero-order chi connectivity index (χ0) is 16.8. The Morgan fingerprint density at radius 2 is 1.92 bits per heavy atom. The van der Waals surface area contributed by atoms with Crippen molar-refractivity contribution in [2.45, 2.75) is 38.1 Å². The topological polar surface area (TPSA) is 71.0 Å². The zero-order valence-electron chi connectivity index (χ0n) is 14.0. The molecule has 1 aliphatic heterocycles. The molecule has 0 radical (unpaired) electrons. The van der Waals surface area contributed by atoms with Crippen LogP contribution in [0.2, 0.25) is 0 Å². The second kappa shape index (κ2) is 8.35. The van der Waals surface area contributed by atoms with Gasteiger partial charge < -0.3 is 19.9 Å². The number of carbonyl (C=O) groups is 1. The predicted octanol–water partition coefficient (Wildman–Crippen LogP) is 2.02. The lowest BCUT2D eigenvalue weighted by Gasteiger charge is -2.33. The fourth-order valence-corrected chi connectivity index (χ4v) is 3.47. The fraction of sp³-hybridized carbons (Fsp3) is 0.611. The summed E-state index contributed by atoms with van der Waals surface area (Å²) in [5.74, 6) is 1.31. The van der Waals surface area contributed by atoms with E-state index in [1.165, 1.54) is 19.3 Å². The third kappa shape index (κ3) is 4.39. The molecule has 1 aromatic rings. The summed E-state index contributed by atoms with van der Waals surface area (Å²) >= 11 is 0. The Morgan fingerprint density at radius 1 is 1.17 bits per heavy atom. The molecule has 1 saturated carbocycles. The van der Waals surface area contributed by atoms with Crippen molar-refractivity contribution < 1.29 is 19.4 Å². The first-order chi connectivity index (χ1) is 11.8. The molecule has 1 amide bonds. The smallest absolute Gasteiger partial charge is 0.238 e. The summed E-state index contributed by atoms with van der Waals surface area (Å²) in [6, 6.07) is 5.83. The van der Waals surface area contributed by atoms with Crippen LogP contribution in [0.15, 0.2) is 18.2 Å². The Kier molecular flexibility index (Phi) is 5.93. The molecule has 0 saturated heterocycles. The first-order valence-electron chi connectivity index (χ1n) is 8.80. The molecule has 2 aliphatic rings. The zero-order valence-corrected chi connectivity index (χ0v) is 14.0. The van der Waals surface area contributed by atoms with Gasteiger partial charge in [0.15, 0.2) is 11.5 Å². The Balaban J connectivity index is 1.58. The van der Waals surface area contributed by atoms with Crippen LogP contribution in [0.4, 0.5) is 5.69 Å². The summed E-state index contributed by atoms with van der Waals surface area (Å²) in [5.41, 5.74) is 0.705. The number of anilines is 1. The fourth-order valence-electron chi connectivity index (χ4n) is 3.47. The van der Waals surface area contributed by atoms with E-state index in [4.69, 9.17) is 9.47 Å². The third-order valence-electron chi connectivity index (χ3n) is 4.65. The number of amides is 1. The van der Waals surface area contributed by atoms with Crippen molar-refractivity contribution in [2.75, 3.05) is 38.2 Å². The average molecular weight is 334 g/mol. The molecule has 1 heterocycles. The number of aliphatic hydroxyl groups is 1. The first kappa shape index (κ1) is 17.0. The van der Waals surface area contributed by atoms with Crippen LogP contribution in [-0.2, 0) is 4.79 Å². The lowest BCUT2D eigenvalue weighted by atomic mass is 9.94. The highest BCUT2D eigenvalue weighted by atomic mass is 16.6. The maximum Gasteiger partial charge on any atom is 0.238 e. The van der Waals surface area contributed by atoms with Gasteiger partial charge in [0, 0.05) is 24.3 Å². The van der Waals surface area contributed by atoms with Gasteiger partial charge >= 0.3 is 0 Å². The van der Waals surface area contributed by atoms with E-state index in [0.29, 0.717) is 49.5 Å². The summed E-state index contributed by atoms with van der Waals surface area (Å²) in [5, 5.41) is 12.2. The number of fused-ring (bicyclic) bond motifs is 1. The maximum absolute atomic E-state index is 12.4. The number of nitrogens with one attached hydrogen (secondary N) is 1. The van der Waals surface area contributed by atoms with Crippen LogP contribution in [0.1, 0.15) is 32.1 Å². The second-order valence-electron chi connectivity index (χ2n) is 6.39. The molecule has 0 bridgehead atoms. The van der Waals surface area contributed by atoms with Crippen molar-refractivity contribution in [2.24, 2.45) is 0 Å². The molecule has 24 heavy (non-hydrogen) atoms. The number of ether oxygens (including phenoxy) is 2. The standard InChI is InChI=1S/C18H26N2O4/c21-9-8-20(15-4-2-1-3-5-15)13-18(22)19-14-6-7-16-17(12-14)24-11-10-23-16/h6-7,12,15,21H,1-5,8-11,13H2,(H,19,22). The first-order valence-corrected chi connectivity index (χ1v) is 8.80. The van der Waals surface area contributed by atoms with Gasteiger partial charge in [-0.25, -0.2) is 0 Å². The molecular formula is C18H26N2O4. The monoisotopic (exact) mass is 334 g/mol. The molecule has 6 heteroatoms. The van der Waals surface area contributed by atoms with Gasteiger partial charge in [-0.3, -0.25) is 9.69 Å². The van der Waals surface area contributed by atoms with Crippen molar-refractivity contribution in [3.63, 3.8) is 0 Å². The second-order valence-corrected chi connectivity index (χ2v) is 6.39. The molecule has 0 unspecified atom stereocenters. The van der Waals surface area contributed by atoms with Crippen molar-refractivity contribution in [1.82, 2.24) is 4.90 Å². The molecule has 0 spiro atoms. The molecule has 1 aliphatic carbocycles. The summed E-state index contributed by atoms with van der Waals surface area (Å²) in [6.07, 6.45) is 5.90. The van der Waals surface area contributed by atoms with Crippen molar-refractivity contribution in [1.29, 1.82) is 0 Å². The predicted molar refractivity (Wildman–Crippen MR) is 91.6 cm³/mol. The molecule has 2 N–H and O–H groups in total. The molecule has 1 aromatic carbocycles. The van der Waals surface area contributed by atoms with E-state index in [0.717, 1.165) is 12.8 Å². The summed E-state index contributed by atoms with van der Waals surface area (Å²) in [7, 11) is 0. The van der Waals surface area contributed by atoms with Gasteiger partial charge in [0.05, 0.1) is 13.2 Å². The quantitative estimate of drug-likeness (QED) is 0.833. The minimum Gasteiger partial charge on any atom is -0.486 e. The highest BCUT2D eigenvalue weighted by Crippen LogP contribution is 2.32. The normalized spacial score (nSPS) is 17.8. The summed E-state index contributed by atoms with van der Waals surface area (Å²) < 4.78 is 11.0. The lowest BCUT2D eigenvalue weighted by Crippen LogP contribution is -2.43. The van der Waals surface area contributed by atoms with Gasteiger partial charge in [0.25, 0.3) is 0 Å². The van der Waals surface area contributed by atoms with E-state index < -0.39 is 0 Å². The largest absolute Gasteiger partial charge is 0.486 e.